The molecular weight excluding hydrogens is 478 g/mol. The zero-order valence-corrected chi connectivity index (χ0v) is 23.7. The summed E-state index contributed by atoms with van der Waals surface area (Å²) in [5.74, 6) is 1.39. The molecule has 1 saturated carbocycles. The Morgan fingerprint density at radius 3 is 2.61 bits per heavy atom. The van der Waals surface area contributed by atoms with Crippen LogP contribution in [0.5, 0.6) is 5.75 Å². The molecule has 1 fully saturated rings. The Balaban J connectivity index is 1.34. The molecule has 1 aliphatic carbocycles. The van der Waals surface area contributed by atoms with Crippen LogP contribution in [0.25, 0.3) is 0 Å². The van der Waals surface area contributed by atoms with Crippen LogP contribution in [-0.2, 0) is 16.1 Å². The van der Waals surface area contributed by atoms with Crippen molar-refractivity contribution in [3.05, 3.63) is 23.8 Å². The van der Waals surface area contributed by atoms with Crippen LogP contribution in [0.3, 0.4) is 0 Å². The van der Waals surface area contributed by atoms with Gasteiger partial charge in [0.2, 0.25) is 11.8 Å². The fourth-order valence-electron chi connectivity index (χ4n) is 5.42. The average Bonchev–Trinajstić information content (AvgIpc) is 2.93. The summed E-state index contributed by atoms with van der Waals surface area (Å²) < 4.78 is 5.96. The maximum atomic E-state index is 13.1. The Labute approximate surface area is 229 Å². The van der Waals surface area contributed by atoms with Crippen LogP contribution in [0.1, 0.15) is 102 Å². The number of nitrogens with one attached hydrogen (secondary N) is 1. The zero-order valence-electron chi connectivity index (χ0n) is 23.7. The van der Waals surface area contributed by atoms with Crippen molar-refractivity contribution in [2.45, 2.75) is 109 Å². The molecule has 0 unspecified atom stereocenters. The molecule has 0 spiro atoms. The van der Waals surface area contributed by atoms with Crippen molar-refractivity contribution in [1.82, 2.24) is 15.1 Å². The Bertz CT molecular complexity index is 913. The number of amides is 2. The molecule has 0 aromatic heterocycles. The van der Waals surface area contributed by atoms with Gasteiger partial charge in [-0.15, -0.1) is 0 Å². The lowest BCUT2D eigenvalue weighted by atomic mass is 9.93. The minimum Gasteiger partial charge on any atom is -0.494 e. The van der Waals surface area contributed by atoms with E-state index in [1.807, 2.05) is 18.2 Å². The number of aliphatic imine (C=N–C) groups is 1. The van der Waals surface area contributed by atoms with Crippen LogP contribution in [0, 0.1) is 0 Å². The summed E-state index contributed by atoms with van der Waals surface area (Å²) in [6, 6.07) is 6.33. The number of carbonyl (C=O) groups excluding carboxylic acids is 2. The van der Waals surface area contributed by atoms with Gasteiger partial charge in [-0.2, -0.15) is 0 Å². The van der Waals surface area contributed by atoms with Crippen LogP contribution in [-0.4, -0.2) is 60.4 Å². The van der Waals surface area contributed by atoms with Crippen molar-refractivity contribution in [1.29, 1.82) is 0 Å². The first-order valence-electron chi connectivity index (χ1n) is 14.9. The van der Waals surface area contributed by atoms with Gasteiger partial charge in [0.05, 0.1) is 18.8 Å². The molecule has 8 nitrogen and oxygen atoms in total. The van der Waals surface area contributed by atoms with Gasteiger partial charge in [0.25, 0.3) is 0 Å². The van der Waals surface area contributed by atoms with Gasteiger partial charge < -0.3 is 25.6 Å². The molecule has 2 amide bonds. The highest BCUT2D eigenvalue weighted by Crippen LogP contribution is 2.30. The summed E-state index contributed by atoms with van der Waals surface area (Å²) >= 11 is 0. The fourth-order valence-corrected chi connectivity index (χ4v) is 5.42. The number of likely N-dealkylation sites (N-methyl/N-ethyl adjacent to an activating group) is 1. The molecule has 0 saturated heterocycles. The predicted molar refractivity (Wildman–Crippen MR) is 154 cm³/mol. The number of nitrogens with zero attached hydrogens (tertiary/aromatic N) is 3. The van der Waals surface area contributed by atoms with Gasteiger partial charge in [-0.3, -0.25) is 9.59 Å². The molecule has 1 aromatic rings. The molecule has 1 heterocycles. The number of carbonyl (C=O) groups is 2. The van der Waals surface area contributed by atoms with E-state index in [0.717, 1.165) is 55.6 Å². The topological polar surface area (TPSA) is 100 Å². The molecule has 0 bridgehead atoms. The van der Waals surface area contributed by atoms with Crippen LogP contribution in [0.4, 0.5) is 5.69 Å². The second-order valence-electron chi connectivity index (χ2n) is 10.7. The van der Waals surface area contributed by atoms with Crippen molar-refractivity contribution >= 4 is 23.5 Å². The number of hydrogen-bond donors (Lipinski definition) is 2. The van der Waals surface area contributed by atoms with E-state index in [1.165, 1.54) is 51.4 Å². The standard InChI is InChI=1S/C30H49N5O3/c1-3-4-5-12-19-35(25-14-9-8-10-15-25)29(37)16-11-6-7-13-20-38-26-18-17-24-22-34(23-28(36)32-2)30(31)33-27(24)21-26/h17-18,21,25H,3-16,19-20,22-23H2,1-2H3,(H2,31,33)(H,32,36). The Morgan fingerprint density at radius 2 is 1.84 bits per heavy atom. The second-order valence-corrected chi connectivity index (χ2v) is 10.7. The van der Waals surface area contributed by atoms with E-state index in [4.69, 9.17) is 10.5 Å². The maximum Gasteiger partial charge on any atom is 0.239 e. The molecule has 38 heavy (non-hydrogen) atoms. The fraction of sp³-hybridized carbons (Fsp3) is 0.700. The van der Waals surface area contributed by atoms with Gasteiger partial charge in [-0.05, 0) is 43.7 Å². The Hall–Kier alpha value is -2.77. The normalized spacial score (nSPS) is 15.5. The van der Waals surface area contributed by atoms with E-state index in [1.54, 1.807) is 11.9 Å². The SMILES string of the molecule is CCCCCCN(C(=O)CCCCCCOc1ccc2c(c1)N=C(N)N(CC(=O)NC)C2)C1CCCCC1. The quantitative estimate of drug-likeness (QED) is 0.286. The van der Waals surface area contributed by atoms with Gasteiger partial charge in [-0.1, -0.05) is 64.4 Å². The largest absolute Gasteiger partial charge is 0.494 e. The summed E-state index contributed by atoms with van der Waals surface area (Å²) in [5, 5.41) is 2.61. The number of nitrogens with two attached hydrogens (primary N) is 1. The molecule has 8 heteroatoms. The number of hydrogen-bond acceptors (Lipinski definition) is 6. The van der Waals surface area contributed by atoms with Gasteiger partial charge >= 0.3 is 0 Å². The van der Waals surface area contributed by atoms with Crippen LogP contribution in [0.15, 0.2) is 23.2 Å². The van der Waals surface area contributed by atoms with E-state index in [-0.39, 0.29) is 12.5 Å². The van der Waals surface area contributed by atoms with Crippen molar-refractivity contribution < 1.29 is 14.3 Å². The molecule has 1 aromatic carbocycles. The molecule has 3 rings (SSSR count). The third-order valence-electron chi connectivity index (χ3n) is 7.73. The number of benzene rings is 1. The summed E-state index contributed by atoms with van der Waals surface area (Å²) in [6.45, 7) is 4.55. The number of guanidine groups is 1. The van der Waals surface area contributed by atoms with E-state index in [9.17, 15) is 9.59 Å². The smallest absolute Gasteiger partial charge is 0.239 e. The van der Waals surface area contributed by atoms with Crippen molar-refractivity contribution in [3.63, 3.8) is 0 Å². The molecule has 212 valence electrons. The van der Waals surface area contributed by atoms with Crippen molar-refractivity contribution in [2.75, 3.05) is 26.7 Å². The Morgan fingerprint density at radius 1 is 1.08 bits per heavy atom. The predicted octanol–water partition coefficient (Wildman–Crippen LogP) is 5.27. The van der Waals surface area contributed by atoms with Crippen LogP contribution < -0.4 is 15.8 Å². The Kier molecular flexibility index (Phi) is 12.7. The van der Waals surface area contributed by atoms with Crippen molar-refractivity contribution in [3.8, 4) is 5.75 Å². The number of fused-ring (bicyclic) bond motifs is 1. The first-order valence-corrected chi connectivity index (χ1v) is 14.9. The first kappa shape index (κ1) is 29.8. The molecule has 2 aliphatic rings. The molecular formula is C30H49N5O3. The highest BCUT2D eigenvalue weighted by molar-refractivity contribution is 5.88. The molecule has 3 N–H and O–H groups in total. The molecule has 1 aliphatic heterocycles. The van der Waals surface area contributed by atoms with Crippen LogP contribution in [0.2, 0.25) is 0 Å². The molecule has 0 radical (unpaired) electrons. The monoisotopic (exact) mass is 527 g/mol. The van der Waals surface area contributed by atoms with Gasteiger partial charge in [0, 0.05) is 38.7 Å². The minimum absolute atomic E-state index is 0.0973. The van der Waals surface area contributed by atoms with Crippen LogP contribution >= 0.6 is 0 Å². The lowest BCUT2D eigenvalue weighted by molar-refractivity contribution is -0.134. The highest BCUT2D eigenvalue weighted by atomic mass is 16.5. The number of ether oxygens (including phenoxy) is 1. The third-order valence-corrected chi connectivity index (χ3v) is 7.73. The van der Waals surface area contributed by atoms with E-state index >= 15 is 0 Å². The summed E-state index contributed by atoms with van der Waals surface area (Å²) in [4.78, 5) is 33.2. The lowest BCUT2D eigenvalue weighted by Crippen LogP contribution is -2.44. The average molecular weight is 528 g/mol. The first-order chi connectivity index (χ1) is 18.5. The summed E-state index contributed by atoms with van der Waals surface area (Å²) in [7, 11) is 1.61. The minimum atomic E-state index is -0.0973. The summed E-state index contributed by atoms with van der Waals surface area (Å²) in [5.41, 5.74) is 7.88. The van der Waals surface area contributed by atoms with Gasteiger partial charge in [-0.25, -0.2) is 4.99 Å². The van der Waals surface area contributed by atoms with E-state index < -0.39 is 0 Å². The number of unbranched alkanes of at least 4 members (excludes halogenated alkanes) is 6. The molecule has 0 atom stereocenters. The van der Waals surface area contributed by atoms with E-state index in [2.05, 4.69) is 22.1 Å². The van der Waals surface area contributed by atoms with Crippen molar-refractivity contribution in [2.24, 2.45) is 10.7 Å². The maximum absolute atomic E-state index is 13.1. The summed E-state index contributed by atoms with van der Waals surface area (Å²) in [6.07, 6.45) is 15.8. The van der Waals surface area contributed by atoms with E-state index in [0.29, 0.717) is 37.5 Å². The number of rotatable bonds is 16. The highest BCUT2D eigenvalue weighted by Gasteiger charge is 2.24. The second kappa shape index (κ2) is 16.2. The van der Waals surface area contributed by atoms with Gasteiger partial charge in [0.15, 0.2) is 5.96 Å². The zero-order chi connectivity index (χ0) is 27.2. The lowest BCUT2D eigenvalue weighted by Gasteiger charge is -2.34. The van der Waals surface area contributed by atoms with Gasteiger partial charge in [0.1, 0.15) is 5.75 Å². The third kappa shape index (κ3) is 9.52.